The minimum Gasteiger partial charge on any atom is -0.308 e. The van der Waals surface area contributed by atoms with E-state index < -0.39 is 0 Å². The van der Waals surface area contributed by atoms with E-state index in [1.807, 2.05) is 0 Å². The average molecular weight is 369 g/mol. The second-order valence-corrected chi connectivity index (χ2v) is 6.39. The van der Waals surface area contributed by atoms with Crippen molar-refractivity contribution in [1.29, 1.82) is 0 Å². The molecule has 6 heteroatoms. The van der Waals surface area contributed by atoms with Crippen LogP contribution in [-0.4, -0.2) is 12.2 Å². The van der Waals surface area contributed by atoms with Gasteiger partial charge in [-0.2, -0.15) is 0 Å². The summed E-state index contributed by atoms with van der Waals surface area (Å²) in [6, 6.07) is 9.52. The number of amides is 1. The highest BCUT2D eigenvalue weighted by Crippen LogP contribution is 2.39. The van der Waals surface area contributed by atoms with Gasteiger partial charge in [-0.3, -0.25) is 9.59 Å². The molecule has 0 atom stereocenters. The molecule has 1 aliphatic rings. The number of nitrogens with zero attached hydrogens (tertiary/aromatic N) is 2. The van der Waals surface area contributed by atoms with Gasteiger partial charge in [0.2, 0.25) is 5.91 Å². The second-order valence-electron chi connectivity index (χ2n) is 6.01. The Hall–Kier alpha value is -2.97. The van der Waals surface area contributed by atoms with Gasteiger partial charge >= 0.3 is 0 Å². The van der Waals surface area contributed by atoms with Crippen LogP contribution in [0.25, 0.3) is 9.88 Å². The first-order chi connectivity index (χ1) is 12.4. The van der Waals surface area contributed by atoms with Crippen LogP contribution >= 0.6 is 11.6 Å². The van der Waals surface area contributed by atoms with Crippen molar-refractivity contribution >= 4 is 40.2 Å². The molecule has 0 N–H and O–H groups in total. The zero-order chi connectivity index (χ0) is 18.8. The molecule has 0 radical (unpaired) electrons. The third kappa shape index (κ3) is 3.24. The van der Waals surface area contributed by atoms with Crippen LogP contribution in [0.2, 0.25) is 0 Å². The molecule has 2 aromatic rings. The van der Waals surface area contributed by atoms with E-state index in [1.165, 1.54) is 11.0 Å². The number of anilines is 1. The lowest BCUT2D eigenvalue weighted by Crippen LogP contribution is -2.30. The number of carbonyl (C=O) groups is 2. The highest BCUT2D eigenvalue weighted by molar-refractivity contribution is 6.51. The quantitative estimate of drug-likeness (QED) is 0.578. The Morgan fingerprint density at radius 3 is 2.73 bits per heavy atom. The molecule has 2 aromatic carbocycles. The van der Waals surface area contributed by atoms with Gasteiger partial charge in [-0.15, -0.1) is 0 Å². The van der Waals surface area contributed by atoms with E-state index in [4.69, 9.17) is 18.2 Å². The molecule has 0 saturated carbocycles. The number of aryl methyl sites for hydroxylation is 1. The first-order valence-electron chi connectivity index (χ1n) is 7.85. The Bertz CT molecular complexity index is 992. The molecule has 26 heavy (non-hydrogen) atoms. The van der Waals surface area contributed by atoms with E-state index in [2.05, 4.69) is 4.85 Å². The number of benzene rings is 2. The zero-order valence-corrected chi connectivity index (χ0v) is 14.7. The molecule has 1 aliphatic heterocycles. The molecule has 0 spiro atoms. The van der Waals surface area contributed by atoms with E-state index >= 15 is 0 Å². The van der Waals surface area contributed by atoms with Gasteiger partial charge in [-0.25, -0.2) is 9.24 Å². The maximum Gasteiger partial charge on any atom is 0.231 e. The number of hydrogen-bond acceptors (Lipinski definition) is 2. The highest BCUT2D eigenvalue weighted by atomic mass is 35.5. The van der Waals surface area contributed by atoms with Gasteiger partial charge < -0.3 is 4.90 Å². The number of halogens is 2. The van der Waals surface area contributed by atoms with Crippen molar-refractivity contribution in [3.63, 3.8) is 0 Å². The van der Waals surface area contributed by atoms with Gasteiger partial charge in [0.05, 0.1) is 24.6 Å². The summed E-state index contributed by atoms with van der Waals surface area (Å²) in [5, 5.41) is 0.192. The standard InChI is InChI=1S/C20H14ClFN2O2/c1-12-3-4-13(7-17(12)22)10-24-18-9-15(23-2)5-6-16(18)20(21)14(11-25)8-19(24)26/h3-7,9,11H,8,10H2,1H3. The largest absolute Gasteiger partial charge is 0.308 e. The SMILES string of the molecule is [C-]#[N+]c1ccc2c(c1)N(Cc1ccc(C)c(F)c1)C(=O)CC(C=O)=C2Cl. The predicted molar refractivity (Wildman–Crippen MR) is 98.5 cm³/mol. The first kappa shape index (κ1) is 17.8. The van der Waals surface area contributed by atoms with E-state index in [-0.39, 0.29) is 35.3 Å². The zero-order valence-electron chi connectivity index (χ0n) is 13.9. The number of carbonyl (C=O) groups excluding carboxylic acids is 2. The Morgan fingerprint density at radius 1 is 1.31 bits per heavy atom. The van der Waals surface area contributed by atoms with E-state index in [0.29, 0.717) is 34.4 Å². The summed E-state index contributed by atoms with van der Waals surface area (Å²) in [5.74, 6) is -0.697. The van der Waals surface area contributed by atoms with Crippen LogP contribution < -0.4 is 4.90 Å². The lowest BCUT2D eigenvalue weighted by molar-refractivity contribution is -0.118. The van der Waals surface area contributed by atoms with E-state index in [1.54, 1.807) is 37.3 Å². The minimum absolute atomic E-state index is 0.112. The fourth-order valence-corrected chi connectivity index (χ4v) is 3.10. The van der Waals surface area contributed by atoms with Crippen LogP contribution in [0.5, 0.6) is 0 Å². The van der Waals surface area contributed by atoms with Crippen molar-refractivity contribution in [2.75, 3.05) is 4.90 Å². The van der Waals surface area contributed by atoms with Crippen LogP contribution in [0.15, 0.2) is 42.0 Å². The normalized spacial score (nSPS) is 13.9. The third-order valence-electron chi connectivity index (χ3n) is 4.28. The maximum atomic E-state index is 13.9. The molecule has 0 aliphatic carbocycles. The maximum absolute atomic E-state index is 13.9. The molecule has 1 amide bonds. The lowest BCUT2D eigenvalue weighted by Gasteiger charge is -2.24. The summed E-state index contributed by atoms with van der Waals surface area (Å²) >= 11 is 6.32. The van der Waals surface area contributed by atoms with Crippen molar-refractivity contribution in [2.45, 2.75) is 19.9 Å². The van der Waals surface area contributed by atoms with Gasteiger partial charge in [0.15, 0.2) is 5.69 Å². The summed E-state index contributed by atoms with van der Waals surface area (Å²) in [4.78, 5) is 28.9. The molecule has 0 bridgehead atoms. The minimum atomic E-state index is -0.357. The van der Waals surface area contributed by atoms with Crippen molar-refractivity contribution in [1.82, 2.24) is 0 Å². The van der Waals surface area contributed by atoms with Gasteiger partial charge in [0.25, 0.3) is 0 Å². The molecular weight excluding hydrogens is 355 g/mol. The Kier molecular flexibility index (Phi) is 4.88. The molecule has 3 rings (SSSR count). The van der Waals surface area contributed by atoms with Crippen molar-refractivity contribution < 1.29 is 14.0 Å². The summed E-state index contributed by atoms with van der Waals surface area (Å²) < 4.78 is 13.9. The van der Waals surface area contributed by atoms with Crippen LogP contribution in [0.1, 0.15) is 23.1 Å². The third-order valence-corrected chi connectivity index (χ3v) is 4.73. The van der Waals surface area contributed by atoms with Gasteiger partial charge in [0, 0.05) is 16.8 Å². The Morgan fingerprint density at radius 2 is 2.08 bits per heavy atom. The molecule has 1 heterocycles. The van der Waals surface area contributed by atoms with Crippen molar-refractivity contribution in [3.05, 3.63) is 75.9 Å². The van der Waals surface area contributed by atoms with Crippen LogP contribution in [-0.2, 0) is 16.1 Å². The summed E-state index contributed by atoms with van der Waals surface area (Å²) in [5.41, 5.74) is 2.58. The topological polar surface area (TPSA) is 41.7 Å². The van der Waals surface area contributed by atoms with Crippen LogP contribution in [0, 0.1) is 19.3 Å². The molecule has 0 fully saturated rings. The highest BCUT2D eigenvalue weighted by Gasteiger charge is 2.27. The Balaban J connectivity index is 2.12. The fourth-order valence-electron chi connectivity index (χ4n) is 2.83. The summed E-state index contributed by atoms with van der Waals surface area (Å²) in [7, 11) is 0. The molecule has 4 nitrogen and oxygen atoms in total. The second kappa shape index (κ2) is 7.11. The molecule has 130 valence electrons. The van der Waals surface area contributed by atoms with Crippen LogP contribution in [0.3, 0.4) is 0 Å². The number of rotatable bonds is 3. The summed E-state index contributed by atoms with van der Waals surface area (Å²) in [6.07, 6.45) is 0.417. The number of aldehydes is 1. The van der Waals surface area contributed by atoms with Crippen LogP contribution in [0.4, 0.5) is 15.8 Å². The number of fused-ring (bicyclic) bond motifs is 1. The smallest absolute Gasteiger partial charge is 0.231 e. The molecule has 0 aromatic heterocycles. The van der Waals surface area contributed by atoms with Crippen molar-refractivity contribution in [2.24, 2.45) is 0 Å². The lowest BCUT2D eigenvalue weighted by atomic mass is 10.1. The van der Waals surface area contributed by atoms with Crippen molar-refractivity contribution in [3.8, 4) is 0 Å². The molecule has 0 unspecified atom stereocenters. The molecule has 0 saturated heterocycles. The van der Waals surface area contributed by atoms with Gasteiger partial charge in [0.1, 0.15) is 12.1 Å². The van der Waals surface area contributed by atoms with E-state index in [9.17, 15) is 14.0 Å². The molecular formula is C20H14ClFN2O2. The van der Waals surface area contributed by atoms with Gasteiger partial charge in [-0.05, 0) is 30.2 Å². The number of hydrogen-bond donors (Lipinski definition) is 0. The van der Waals surface area contributed by atoms with E-state index in [0.717, 1.165) is 0 Å². The first-order valence-corrected chi connectivity index (χ1v) is 8.23. The van der Waals surface area contributed by atoms with Gasteiger partial charge in [-0.1, -0.05) is 35.9 Å². The monoisotopic (exact) mass is 368 g/mol. The summed E-state index contributed by atoms with van der Waals surface area (Å²) in [6.45, 7) is 8.97. The average Bonchev–Trinajstić information content (AvgIpc) is 2.74. The predicted octanol–water partition coefficient (Wildman–Crippen LogP) is 4.77. The Labute approximate surface area is 155 Å². The fraction of sp³-hybridized carbons (Fsp3) is 0.150.